The quantitative estimate of drug-likeness (QED) is 0.131. The lowest BCUT2D eigenvalue weighted by Gasteiger charge is -2.45. The highest BCUT2D eigenvalue weighted by molar-refractivity contribution is 6.30. The van der Waals surface area contributed by atoms with E-state index in [1.807, 2.05) is 48.5 Å². The van der Waals surface area contributed by atoms with Gasteiger partial charge in [0.2, 0.25) is 0 Å². The van der Waals surface area contributed by atoms with Gasteiger partial charge in [-0.2, -0.15) is 5.01 Å². The first-order valence-electron chi connectivity index (χ1n) is 14.3. The molecule has 4 aromatic carbocycles. The van der Waals surface area contributed by atoms with E-state index >= 15 is 0 Å². The summed E-state index contributed by atoms with van der Waals surface area (Å²) in [5.41, 5.74) is 4.18. The van der Waals surface area contributed by atoms with E-state index in [-0.39, 0.29) is 23.4 Å². The maximum atomic E-state index is 14.6. The molecule has 1 saturated heterocycles. The van der Waals surface area contributed by atoms with E-state index in [1.54, 1.807) is 0 Å². The van der Waals surface area contributed by atoms with Gasteiger partial charge in [0.15, 0.2) is 5.78 Å². The molecule has 3 aliphatic carbocycles. The van der Waals surface area contributed by atoms with E-state index in [4.69, 9.17) is 23.2 Å². The molecule has 44 heavy (non-hydrogen) atoms. The summed E-state index contributed by atoms with van der Waals surface area (Å²) in [6, 6.07) is 25.2. The SMILES string of the molecule is O=C(c1ccc(F)cc1)[C@@H](CCCl)N(C(=O)c1ccc(Cl)cc1)N1C(=O)[C@@H]2C3c4ccccc4C(c4ccccc43)[C@@H]2C1=O. The van der Waals surface area contributed by atoms with Gasteiger partial charge in [-0.15, -0.1) is 11.6 Å². The smallest absolute Gasteiger partial charge is 0.273 e. The summed E-state index contributed by atoms with van der Waals surface area (Å²) in [6.07, 6.45) is -0.0587. The second-order valence-electron chi connectivity index (χ2n) is 11.3. The molecule has 0 saturated carbocycles. The zero-order valence-electron chi connectivity index (χ0n) is 23.2. The molecule has 3 atom stereocenters. The molecular weight excluding hydrogens is 602 g/mol. The van der Waals surface area contributed by atoms with E-state index in [9.17, 15) is 23.6 Å². The van der Waals surface area contributed by atoms with Crippen molar-refractivity contribution >= 4 is 46.7 Å². The van der Waals surface area contributed by atoms with Gasteiger partial charge in [-0.3, -0.25) is 19.2 Å². The van der Waals surface area contributed by atoms with Gasteiger partial charge in [0.1, 0.15) is 11.9 Å². The van der Waals surface area contributed by atoms with E-state index in [0.29, 0.717) is 5.02 Å². The highest BCUT2D eigenvalue weighted by Gasteiger charge is 2.63. The summed E-state index contributed by atoms with van der Waals surface area (Å²) in [7, 11) is 0. The lowest BCUT2D eigenvalue weighted by atomic mass is 9.55. The van der Waals surface area contributed by atoms with E-state index in [0.717, 1.165) is 44.4 Å². The van der Waals surface area contributed by atoms with Crippen LogP contribution in [0.1, 0.15) is 61.2 Å². The monoisotopic (exact) mass is 626 g/mol. The summed E-state index contributed by atoms with van der Waals surface area (Å²) in [4.78, 5) is 57.6. The molecule has 1 fully saturated rings. The Morgan fingerprint density at radius 2 is 1.18 bits per heavy atom. The first kappa shape index (κ1) is 28.4. The number of hydrogen-bond donors (Lipinski definition) is 0. The molecule has 3 amide bonds. The van der Waals surface area contributed by atoms with Crippen molar-refractivity contribution in [1.29, 1.82) is 0 Å². The molecule has 0 N–H and O–H groups in total. The van der Waals surface area contributed by atoms with E-state index in [2.05, 4.69) is 0 Å². The molecule has 4 aromatic rings. The Labute approximate surface area is 263 Å². The Hall–Kier alpha value is -4.33. The average Bonchev–Trinajstić information content (AvgIpc) is 3.31. The van der Waals surface area contributed by atoms with Crippen LogP contribution < -0.4 is 0 Å². The minimum absolute atomic E-state index is 0.0484. The van der Waals surface area contributed by atoms with Gasteiger partial charge in [-0.05, 0) is 77.2 Å². The number of carbonyl (C=O) groups excluding carboxylic acids is 4. The summed E-state index contributed by atoms with van der Waals surface area (Å²) >= 11 is 12.3. The molecule has 8 rings (SSSR count). The van der Waals surface area contributed by atoms with Crippen molar-refractivity contribution in [3.63, 3.8) is 0 Å². The van der Waals surface area contributed by atoms with Crippen LogP contribution in [0.3, 0.4) is 0 Å². The summed E-state index contributed by atoms with van der Waals surface area (Å²) < 4.78 is 13.8. The third-order valence-electron chi connectivity index (χ3n) is 9.05. The minimum Gasteiger partial charge on any atom is -0.292 e. The fourth-order valence-corrected chi connectivity index (χ4v) is 7.58. The maximum Gasteiger partial charge on any atom is 0.273 e. The van der Waals surface area contributed by atoms with Crippen molar-refractivity contribution in [3.05, 3.63) is 141 Å². The molecule has 0 spiro atoms. The molecule has 0 radical (unpaired) electrons. The maximum absolute atomic E-state index is 14.6. The molecule has 4 aliphatic rings. The molecule has 1 heterocycles. The van der Waals surface area contributed by atoms with Crippen molar-refractivity contribution in [2.24, 2.45) is 11.8 Å². The molecule has 1 aliphatic heterocycles. The fraction of sp³-hybridized carbons (Fsp3) is 0.200. The molecule has 220 valence electrons. The van der Waals surface area contributed by atoms with Gasteiger partial charge in [0.25, 0.3) is 17.7 Å². The minimum atomic E-state index is -1.32. The van der Waals surface area contributed by atoms with Gasteiger partial charge in [0.05, 0.1) is 11.8 Å². The Kier molecular flexibility index (Phi) is 7.10. The van der Waals surface area contributed by atoms with Crippen LogP contribution in [-0.2, 0) is 9.59 Å². The topological polar surface area (TPSA) is 74.8 Å². The third kappa shape index (κ3) is 4.29. The van der Waals surface area contributed by atoms with Crippen LogP contribution in [0.2, 0.25) is 5.02 Å². The second-order valence-corrected chi connectivity index (χ2v) is 12.1. The van der Waals surface area contributed by atoms with E-state index < -0.39 is 59.0 Å². The Morgan fingerprint density at radius 3 is 1.64 bits per heavy atom. The molecule has 0 unspecified atom stereocenters. The van der Waals surface area contributed by atoms with Crippen molar-refractivity contribution in [3.8, 4) is 0 Å². The number of nitrogens with zero attached hydrogens (tertiary/aromatic N) is 2. The first-order valence-corrected chi connectivity index (χ1v) is 15.2. The number of alkyl halides is 1. The number of halogens is 3. The van der Waals surface area contributed by atoms with Crippen molar-refractivity contribution in [2.45, 2.75) is 24.3 Å². The van der Waals surface area contributed by atoms with Crippen molar-refractivity contribution < 1.29 is 23.6 Å². The zero-order valence-corrected chi connectivity index (χ0v) is 24.7. The number of ketones is 1. The number of rotatable bonds is 7. The molecule has 6 nitrogen and oxygen atoms in total. The normalized spacial score (nSPS) is 21.8. The van der Waals surface area contributed by atoms with Crippen LogP contribution in [0.4, 0.5) is 4.39 Å². The highest BCUT2D eigenvalue weighted by atomic mass is 35.5. The number of Topliss-reactive ketones (excluding diaryl/α,β-unsaturated/α-hetero) is 1. The van der Waals surface area contributed by atoms with Crippen LogP contribution in [0.25, 0.3) is 0 Å². The lowest BCUT2D eigenvalue weighted by molar-refractivity contribution is -0.156. The molecular formula is C35H25Cl2FN2O4. The summed E-state index contributed by atoms with van der Waals surface area (Å²) in [5.74, 6) is -5.31. The Balaban J connectivity index is 1.38. The predicted molar refractivity (Wildman–Crippen MR) is 163 cm³/mol. The Morgan fingerprint density at radius 1 is 0.727 bits per heavy atom. The first-order chi connectivity index (χ1) is 21.3. The van der Waals surface area contributed by atoms with Crippen LogP contribution in [0.5, 0.6) is 0 Å². The van der Waals surface area contributed by atoms with Crippen molar-refractivity contribution in [2.75, 3.05) is 5.88 Å². The fourth-order valence-electron chi connectivity index (χ4n) is 7.24. The molecule has 2 bridgehead atoms. The molecule has 0 aromatic heterocycles. The third-order valence-corrected chi connectivity index (χ3v) is 9.52. The second kappa shape index (κ2) is 11.0. The van der Waals surface area contributed by atoms with Gasteiger partial charge in [-0.1, -0.05) is 60.1 Å². The number of hydrazine groups is 1. The van der Waals surface area contributed by atoms with E-state index in [1.165, 1.54) is 36.4 Å². The largest absolute Gasteiger partial charge is 0.292 e. The number of benzene rings is 4. The van der Waals surface area contributed by atoms with Crippen molar-refractivity contribution in [1.82, 2.24) is 10.0 Å². The van der Waals surface area contributed by atoms with Crippen LogP contribution >= 0.6 is 23.2 Å². The average molecular weight is 627 g/mol. The highest BCUT2D eigenvalue weighted by Crippen LogP contribution is 2.61. The van der Waals surface area contributed by atoms with Gasteiger partial charge in [0, 0.05) is 33.9 Å². The summed E-state index contributed by atoms with van der Waals surface area (Å²) in [5, 5.41) is 2.26. The van der Waals surface area contributed by atoms with Crippen LogP contribution in [-0.4, -0.2) is 45.4 Å². The number of carbonyl (C=O) groups is 4. The number of hydrogen-bond acceptors (Lipinski definition) is 4. The lowest BCUT2D eigenvalue weighted by Crippen LogP contribution is -2.57. The number of imide groups is 1. The standard InChI is InChI=1S/C35H25Cl2FN2O4/c36-18-17-27(32(41)19-11-15-22(38)16-12-19)39(33(42)20-9-13-21(37)14-10-20)40-34(43)30-28-23-5-1-2-6-24(23)29(31(30)35(40)44)26-8-4-3-7-25(26)28/h1-16,27-31H,17-18H2/t27-,28?,29?,30-,31+/m1/s1. The summed E-state index contributed by atoms with van der Waals surface area (Å²) in [6.45, 7) is 0. The van der Waals surface area contributed by atoms with Gasteiger partial charge < -0.3 is 0 Å². The van der Waals surface area contributed by atoms with Crippen LogP contribution in [0, 0.1) is 17.7 Å². The predicted octanol–water partition coefficient (Wildman–Crippen LogP) is 6.61. The van der Waals surface area contributed by atoms with Gasteiger partial charge >= 0.3 is 0 Å². The number of amides is 3. The zero-order chi connectivity index (χ0) is 30.7. The van der Waals surface area contributed by atoms with Crippen LogP contribution in [0.15, 0.2) is 97.1 Å². The van der Waals surface area contributed by atoms with Gasteiger partial charge in [-0.25, -0.2) is 9.40 Å². The Bertz CT molecular complexity index is 1710. The molecule has 9 heteroatoms.